The van der Waals surface area contributed by atoms with Gasteiger partial charge < -0.3 is 4.90 Å². The number of rotatable bonds is 3. The van der Waals surface area contributed by atoms with Crippen LogP contribution in [0.3, 0.4) is 0 Å². The summed E-state index contributed by atoms with van der Waals surface area (Å²) < 4.78 is 1.07. The van der Waals surface area contributed by atoms with Crippen LogP contribution in [0.5, 0.6) is 0 Å². The van der Waals surface area contributed by atoms with Crippen LogP contribution in [0.25, 0.3) is 32.7 Å². The molecular weight excluding hydrogens is 514 g/mol. The molecule has 0 radical (unpaired) electrons. The Morgan fingerprint density at radius 1 is 0.541 bits per heavy atom. The van der Waals surface area contributed by atoms with Gasteiger partial charge in [-0.1, -0.05) is 109 Å². The number of fused-ring (bicyclic) bond motifs is 6. The van der Waals surface area contributed by atoms with Crippen molar-refractivity contribution in [2.24, 2.45) is 0 Å². The molecule has 0 aliphatic heterocycles. The van der Waals surface area contributed by atoms with Gasteiger partial charge in [0.2, 0.25) is 0 Å². The van der Waals surface area contributed by atoms with Gasteiger partial charge in [0.05, 0.1) is 5.69 Å². The van der Waals surface area contributed by atoms with Gasteiger partial charge in [0.15, 0.2) is 0 Å². The number of benzene rings is 6. The first-order valence-electron chi connectivity index (χ1n) is 12.7. The molecule has 6 aromatic rings. The quantitative estimate of drug-likeness (QED) is 0.202. The topological polar surface area (TPSA) is 3.24 Å². The molecule has 7 rings (SSSR count). The van der Waals surface area contributed by atoms with Gasteiger partial charge in [-0.2, -0.15) is 0 Å². The van der Waals surface area contributed by atoms with Gasteiger partial charge in [0, 0.05) is 26.6 Å². The molecule has 0 heterocycles. The molecule has 0 fully saturated rings. The molecule has 0 saturated heterocycles. The summed E-state index contributed by atoms with van der Waals surface area (Å²) in [6.45, 7) is 4.69. The summed E-state index contributed by atoms with van der Waals surface area (Å²) in [4.78, 5) is 2.42. The minimum Gasteiger partial charge on any atom is -0.310 e. The summed E-state index contributed by atoms with van der Waals surface area (Å²) in [5, 5.41) is 5.04. The van der Waals surface area contributed by atoms with Gasteiger partial charge in [0.1, 0.15) is 0 Å². The second-order valence-corrected chi connectivity index (χ2v) is 11.3. The molecule has 0 spiro atoms. The predicted molar refractivity (Wildman–Crippen MR) is 161 cm³/mol. The predicted octanol–water partition coefficient (Wildman–Crippen LogP) is 10.5. The maximum Gasteiger partial charge on any atom is 0.0546 e. The van der Waals surface area contributed by atoms with Gasteiger partial charge in [-0.3, -0.25) is 0 Å². The van der Waals surface area contributed by atoms with Crippen molar-refractivity contribution in [3.8, 4) is 11.1 Å². The zero-order valence-electron chi connectivity index (χ0n) is 20.9. The lowest BCUT2D eigenvalue weighted by Crippen LogP contribution is -2.16. The van der Waals surface area contributed by atoms with Gasteiger partial charge in [-0.25, -0.2) is 0 Å². The maximum absolute atomic E-state index is 3.63. The zero-order chi connectivity index (χ0) is 25.1. The van der Waals surface area contributed by atoms with E-state index in [1.807, 2.05) is 0 Å². The van der Waals surface area contributed by atoms with Crippen LogP contribution < -0.4 is 4.90 Å². The van der Waals surface area contributed by atoms with Crippen LogP contribution in [-0.4, -0.2) is 0 Å². The van der Waals surface area contributed by atoms with E-state index in [-0.39, 0.29) is 5.41 Å². The minimum atomic E-state index is -0.0568. The lowest BCUT2D eigenvalue weighted by atomic mass is 9.82. The Morgan fingerprint density at radius 3 is 1.97 bits per heavy atom. The summed E-state index contributed by atoms with van der Waals surface area (Å²) in [6.07, 6.45) is 0. The van der Waals surface area contributed by atoms with E-state index in [0.29, 0.717) is 0 Å². The normalized spacial score (nSPS) is 13.5. The van der Waals surface area contributed by atoms with Crippen LogP contribution in [0.1, 0.15) is 25.0 Å². The highest BCUT2D eigenvalue weighted by atomic mass is 79.9. The third kappa shape index (κ3) is 3.43. The minimum absolute atomic E-state index is 0.0568. The van der Waals surface area contributed by atoms with Crippen LogP contribution >= 0.6 is 15.9 Å². The Labute approximate surface area is 226 Å². The largest absolute Gasteiger partial charge is 0.310 e. The number of hydrogen-bond acceptors (Lipinski definition) is 1. The van der Waals surface area contributed by atoms with E-state index >= 15 is 0 Å². The first-order chi connectivity index (χ1) is 18.0. The third-order valence-corrected chi connectivity index (χ3v) is 8.43. The average molecular weight is 541 g/mol. The standard InChI is InChI=1S/C35H26BrN/c1-35(2)32-14-8-7-12-29(32)30-20-19-26(22-33(30)35)37(25-17-15-24(36)16-18-25)34-21-23-9-3-4-10-27(23)28-11-5-6-13-31(28)34/h3-22H,1-2H3. The molecule has 0 unspecified atom stereocenters. The summed E-state index contributed by atoms with van der Waals surface area (Å²) >= 11 is 3.63. The van der Waals surface area contributed by atoms with E-state index < -0.39 is 0 Å². The Kier molecular flexibility index (Phi) is 5.02. The summed E-state index contributed by atoms with van der Waals surface area (Å²) in [6, 6.07) is 44.3. The molecule has 1 aliphatic carbocycles. The molecule has 1 aliphatic rings. The zero-order valence-corrected chi connectivity index (χ0v) is 22.5. The average Bonchev–Trinajstić information content (AvgIpc) is 3.16. The molecule has 0 bridgehead atoms. The second-order valence-electron chi connectivity index (χ2n) is 10.4. The molecule has 1 nitrogen and oxygen atoms in total. The number of anilines is 3. The SMILES string of the molecule is CC1(C)c2ccccc2-c2ccc(N(c3ccc(Br)cc3)c3cc4ccccc4c4ccccc34)cc21. The lowest BCUT2D eigenvalue weighted by Gasteiger charge is -2.29. The van der Waals surface area contributed by atoms with Crippen molar-refractivity contribution in [3.05, 3.63) is 137 Å². The molecule has 0 amide bonds. The third-order valence-electron chi connectivity index (χ3n) is 7.90. The molecule has 6 aromatic carbocycles. The smallest absolute Gasteiger partial charge is 0.0546 e. The number of halogens is 1. The molecule has 0 N–H and O–H groups in total. The van der Waals surface area contributed by atoms with Crippen molar-refractivity contribution >= 4 is 54.5 Å². The summed E-state index contributed by atoms with van der Waals surface area (Å²) in [5.41, 5.74) is 8.89. The Hall–Kier alpha value is -3.88. The molecular formula is C35H26BrN. The Bertz CT molecular complexity index is 1810. The highest BCUT2D eigenvalue weighted by Gasteiger charge is 2.35. The van der Waals surface area contributed by atoms with Crippen molar-refractivity contribution in [3.63, 3.8) is 0 Å². The second kappa shape index (κ2) is 8.33. The van der Waals surface area contributed by atoms with E-state index in [9.17, 15) is 0 Å². The molecule has 0 aromatic heterocycles. The number of hydrogen-bond donors (Lipinski definition) is 0. The van der Waals surface area contributed by atoms with Crippen molar-refractivity contribution in [2.45, 2.75) is 19.3 Å². The van der Waals surface area contributed by atoms with Gasteiger partial charge >= 0.3 is 0 Å². The van der Waals surface area contributed by atoms with E-state index in [0.717, 1.165) is 10.2 Å². The van der Waals surface area contributed by atoms with E-state index in [1.165, 1.54) is 55.2 Å². The molecule has 2 heteroatoms. The molecule has 178 valence electrons. The first kappa shape index (κ1) is 22.3. The summed E-state index contributed by atoms with van der Waals surface area (Å²) in [5.74, 6) is 0. The summed E-state index contributed by atoms with van der Waals surface area (Å²) in [7, 11) is 0. The highest BCUT2D eigenvalue weighted by Crippen LogP contribution is 2.51. The molecule has 0 saturated carbocycles. The van der Waals surface area contributed by atoms with Crippen LogP contribution in [0.2, 0.25) is 0 Å². The molecule has 0 atom stereocenters. The van der Waals surface area contributed by atoms with Crippen molar-refractivity contribution in [1.29, 1.82) is 0 Å². The number of nitrogens with zero attached hydrogens (tertiary/aromatic N) is 1. The molecule has 37 heavy (non-hydrogen) atoms. The van der Waals surface area contributed by atoms with Crippen molar-refractivity contribution in [1.82, 2.24) is 0 Å². The van der Waals surface area contributed by atoms with Crippen LogP contribution in [0.15, 0.2) is 126 Å². The van der Waals surface area contributed by atoms with E-state index in [4.69, 9.17) is 0 Å². The fourth-order valence-electron chi connectivity index (χ4n) is 6.07. The highest BCUT2D eigenvalue weighted by molar-refractivity contribution is 9.10. The van der Waals surface area contributed by atoms with Crippen LogP contribution in [0.4, 0.5) is 17.1 Å². The fourth-order valence-corrected chi connectivity index (χ4v) is 6.33. The van der Waals surface area contributed by atoms with Gasteiger partial charge in [-0.05, 0) is 80.9 Å². The Balaban J connectivity index is 1.52. The monoisotopic (exact) mass is 539 g/mol. The van der Waals surface area contributed by atoms with Crippen LogP contribution in [-0.2, 0) is 5.41 Å². The first-order valence-corrected chi connectivity index (χ1v) is 13.5. The Morgan fingerprint density at radius 2 is 1.16 bits per heavy atom. The fraction of sp³-hybridized carbons (Fsp3) is 0.0857. The van der Waals surface area contributed by atoms with Crippen molar-refractivity contribution in [2.75, 3.05) is 4.90 Å². The van der Waals surface area contributed by atoms with Crippen LogP contribution in [0, 0.1) is 0 Å². The van der Waals surface area contributed by atoms with Gasteiger partial charge in [-0.15, -0.1) is 0 Å². The van der Waals surface area contributed by atoms with Gasteiger partial charge in [0.25, 0.3) is 0 Å². The van der Waals surface area contributed by atoms with E-state index in [2.05, 4.69) is 156 Å². The van der Waals surface area contributed by atoms with E-state index in [1.54, 1.807) is 0 Å². The van der Waals surface area contributed by atoms with Crippen molar-refractivity contribution < 1.29 is 0 Å². The maximum atomic E-state index is 3.63. The lowest BCUT2D eigenvalue weighted by molar-refractivity contribution is 0.660.